The first-order chi connectivity index (χ1) is 8.54. The summed E-state index contributed by atoms with van der Waals surface area (Å²) < 4.78 is 12.9. The molecule has 94 valence electrons. The van der Waals surface area contributed by atoms with Crippen LogP contribution in [0.4, 0.5) is 4.39 Å². The minimum Gasteiger partial charge on any atom is -0.299 e. The quantitative estimate of drug-likeness (QED) is 0.847. The normalized spacial score (nSPS) is 10.6. The van der Waals surface area contributed by atoms with Crippen molar-refractivity contribution in [3.05, 3.63) is 51.2 Å². The fraction of sp³-hybridized carbons (Fsp3) is 0.286. The Labute approximate surface area is 110 Å². The lowest BCUT2D eigenvalue weighted by atomic mass is 10.0. The molecule has 0 aliphatic rings. The average molecular weight is 263 g/mol. The molecule has 1 heterocycles. The third-order valence-electron chi connectivity index (χ3n) is 2.74. The first-order valence-electron chi connectivity index (χ1n) is 5.72. The third kappa shape index (κ3) is 3.23. The Morgan fingerprint density at radius 2 is 2.11 bits per heavy atom. The van der Waals surface area contributed by atoms with E-state index >= 15 is 0 Å². The van der Waals surface area contributed by atoms with Crippen molar-refractivity contribution in [3.63, 3.8) is 0 Å². The molecule has 0 spiro atoms. The van der Waals surface area contributed by atoms with E-state index in [1.165, 1.54) is 12.1 Å². The lowest BCUT2D eigenvalue weighted by Crippen LogP contribution is -2.08. The van der Waals surface area contributed by atoms with Crippen LogP contribution in [0.3, 0.4) is 0 Å². The van der Waals surface area contributed by atoms with E-state index in [4.69, 9.17) is 0 Å². The zero-order chi connectivity index (χ0) is 13.1. The van der Waals surface area contributed by atoms with Gasteiger partial charge in [-0.15, -0.1) is 11.3 Å². The fourth-order valence-electron chi connectivity index (χ4n) is 1.82. The zero-order valence-corrected chi connectivity index (χ0v) is 11.2. The molecule has 0 bridgehead atoms. The van der Waals surface area contributed by atoms with Gasteiger partial charge in [0.25, 0.3) is 0 Å². The molecule has 0 amide bonds. The van der Waals surface area contributed by atoms with Crippen LogP contribution in [0.15, 0.2) is 23.6 Å². The maximum absolute atomic E-state index is 12.9. The molecular formula is C14H14FNOS. The van der Waals surface area contributed by atoms with Crippen molar-refractivity contribution in [1.82, 2.24) is 4.98 Å². The molecule has 4 heteroatoms. The summed E-state index contributed by atoms with van der Waals surface area (Å²) in [7, 11) is 0. The van der Waals surface area contributed by atoms with Gasteiger partial charge >= 0.3 is 0 Å². The topological polar surface area (TPSA) is 30.0 Å². The molecule has 1 aromatic carbocycles. The number of aryl methyl sites for hydroxylation is 2. The molecule has 1 aromatic heterocycles. The van der Waals surface area contributed by atoms with E-state index in [0.29, 0.717) is 12.8 Å². The predicted octanol–water partition coefficient (Wildman–Crippen LogP) is 3.25. The minimum atomic E-state index is -0.265. The van der Waals surface area contributed by atoms with Gasteiger partial charge in [0.15, 0.2) is 0 Å². The number of aromatic nitrogens is 1. The van der Waals surface area contributed by atoms with Gasteiger partial charge in [0.05, 0.1) is 10.7 Å². The van der Waals surface area contributed by atoms with E-state index in [-0.39, 0.29) is 11.6 Å². The van der Waals surface area contributed by atoms with Gasteiger partial charge in [-0.2, -0.15) is 0 Å². The van der Waals surface area contributed by atoms with Gasteiger partial charge in [-0.3, -0.25) is 4.79 Å². The Hall–Kier alpha value is -1.55. The molecule has 2 nitrogen and oxygen atoms in total. The van der Waals surface area contributed by atoms with Gasteiger partial charge in [0.1, 0.15) is 11.6 Å². The summed E-state index contributed by atoms with van der Waals surface area (Å²) in [5.41, 5.74) is 2.52. The lowest BCUT2D eigenvalue weighted by Gasteiger charge is -2.04. The highest BCUT2D eigenvalue weighted by Gasteiger charge is 2.09. The molecule has 0 radical (unpaired) electrons. The van der Waals surface area contributed by atoms with Crippen LogP contribution in [0.1, 0.15) is 21.8 Å². The molecule has 0 fully saturated rings. The van der Waals surface area contributed by atoms with Crippen LogP contribution in [-0.4, -0.2) is 10.8 Å². The largest absolute Gasteiger partial charge is 0.299 e. The molecule has 0 aliphatic heterocycles. The summed E-state index contributed by atoms with van der Waals surface area (Å²) in [4.78, 5) is 16.2. The second-order valence-electron chi connectivity index (χ2n) is 4.32. The Bertz CT molecular complexity index is 577. The van der Waals surface area contributed by atoms with Crippen LogP contribution < -0.4 is 0 Å². The minimum absolute atomic E-state index is 0.106. The standard InChI is InChI=1S/C14H14FNOS/c1-9-5-12(15)4-3-11(9)6-14(17)7-13-8-18-10(2)16-13/h3-5,8H,6-7H2,1-2H3. The summed E-state index contributed by atoms with van der Waals surface area (Å²) in [5, 5.41) is 2.88. The highest BCUT2D eigenvalue weighted by atomic mass is 32.1. The molecule has 0 unspecified atom stereocenters. The molecule has 2 rings (SSSR count). The van der Waals surface area contributed by atoms with Crippen molar-refractivity contribution in [2.45, 2.75) is 26.7 Å². The maximum Gasteiger partial charge on any atom is 0.143 e. The maximum atomic E-state index is 12.9. The Morgan fingerprint density at radius 1 is 1.33 bits per heavy atom. The molecule has 2 aromatic rings. The van der Waals surface area contributed by atoms with Crippen LogP contribution in [0.2, 0.25) is 0 Å². The van der Waals surface area contributed by atoms with E-state index in [1.807, 2.05) is 19.2 Å². The van der Waals surface area contributed by atoms with Gasteiger partial charge < -0.3 is 0 Å². The number of carbonyl (C=O) groups excluding carboxylic acids is 1. The first-order valence-corrected chi connectivity index (χ1v) is 6.60. The van der Waals surface area contributed by atoms with E-state index < -0.39 is 0 Å². The number of halogens is 1. The summed E-state index contributed by atoms with van der Waals surface area (Å²) in [6.07, 6.45) is 0.684. The summed E-state index contributed by atoms with van der Waals surface area (Å²) in [6, 6.07) is 4.52. The number of nitrogens with zero attached hydrogens (tertiary/aromatic N) is 1. The van der Waals surface area contributed by atoms with Crippen molar-refractivity contribution in [2.24, 2.45) is 0 Å². The number of rotatable bonds is 4. The Morgan fingerprint density at radius 3 is 2.72 bits per heavy atom. The highest BCUT2D eigenvalue weighted by molar-refractivity contribution is 7.09. The predicted molar refractivity (Wildman–Crippen MR) is 70.4 cm³/mol. The second-order valence-corrected chi connectivity index (χ2v) is 5.38. The number of hydrogen-bond donors (Lipinski definition) is 0. The lowest BCUT2D eigenvalue weighted by molar-refractivity contribution is -0.117. The van der Waals surface area contributed by atoms with Gasteiger partial charge in [0.2, 0.25) is 0 Å². The van der Waals surface area contributed by atoms with Gasteiger partial charge in [-0.25, -0.2) is 9.37 Å². The summed E-state index contributed by atoms with van der Waals surface area (Å²) >= 11 is 1.54. The number of carbonyl (C=O) groups is 1. The Kier molecular flexibility index (Phi) is 3.87. The molecule has 0 N–H and O–H groups in total. The van der Waals surface area contributed by atoms with Crippen molar-refractivity contribution >= 4 is 17.1 Å². The Balaban J connectivity index is 2.03. The molecule has 0 saturated heterocycles. The van der Waals surface area contributed by atoms with Crippen molar-refractivity contribution in [3.8, 4) is 0 Å². The highest BCUT2D eigenvalue weighted by Crippen LogP contribution is 2.13. The fourth-order valence-corrected chi connectivity index (χ4v) is 2.44. The van der Waals surface area contributed by atoms with Crippen LogP contribution >= 0.6 is 11.3 Å². The van der Waals surface area contributed by atoms with Gasteiger partial charge in [-0.05, 0) is 37.1 Å². The second kappa shape index (κ2) is 5.40. The zero-order valence-electron chi connectivity index (χ0n) is 10.4. The van der Waals surface area contributed by atoms with Crippen LogP contribution in [0.25, 0.3) is 0 Å². The van der Waals surface area contributed by atoms with Crippen LogP contribution in [0, 0.1) is 19.7 Å². The molecule has 0 atom stereocenters. The van der Waals surface area contributed by atoms with Crippen LogP contribution in [0.5, 0.6) is 0 Å². The average Bonchev–Trinajstić information content (AvgIpc) is 2.68. The number of ketones is 1. The van der Waals surface area contributed by atoms with Crippen molar-refractivity contribution < 1.29 is 9.18 Å². The van der Waals surface area contributed by atoms with Gasteiger partial charge in [0, 0.05) is 18.2 Å². The van der Waals surface area contributed by atoms with Gasteiger partial charge in [-0.1, -0.05) is 6.07 Å². The SMILES string of the molecule is Cc1nc(CC(=O)Cc2ccc(F)cc2C)cs1. The number of thiazole rings is 1. The number of Topliss-reactive ketones (excluding diaryl/α,β-unsaturated/α-hetero) is 1. The monoisotopic (exact) mass is 263 g/mol. The van der Waals surface area contributed by atoms with Crippen molar-refractivity contribution in [1.29, 1.82) is 0 Å². The van der Waals surface area contributed by atoms with E-state index in [1.54, 1.807) is 17.4 Å². The molecular weight excluding hydrogens is 249 g/mol. The smallest absolute Gasteiger partial charge is 0.143 e. The van der Waals surface area contributed by atoms with Crippen molar-refractivity contribution in [2.75, 3.05) is 0 Å². The molecule has 0 aliphatic carbocycles. The van der Waals surface area contributed by atoms with E-state index in [9.17, 15) is 9.18 Å². The number of hydrogen-bond acceptors (Lipinski definition) is 3. The summed E-state index contributed by atoms with van der Waals surface area (Å²) in [6.45, 7) is 3.74. The molecule has 18 heavy (non-hydrogen) atoms. The third-order valence-corrected chi connectivity index (χ3v) is 3.56. The van der Waals surface area contributed by atoms with E-state index in [2.05, 4.69) is 4.98 Å². The number of benzene rings is 1. The first kappa shape index (κ1) is 12.9. The van der Waals surface area contributed by atoms with E-state index in [0.717, 1.165) is 21.8 Å². The molecule has 0 saturated carbocycles. The summed E-state index contributed by atoms with van der Waals surface area (Å²) in [5.74, 6) is -0.158. The van der Waals surface area contributed by atoms with Crippen LogP contribution in [-0.2, 0) is 17.6 Å².